The number of hydrogen-bond acceptors (Lipinski definition) is 3. The molecule has 3 rings (SSSR count). The Bertz CT molecular complexity index is 757. The molecule has 1 aromatic rings. The summed E-state index contributed by atoms with van der Waals surface area (Å²) in [5.41, 5.74) is 4.34. The average Bonchev–Trinajstić information content (AvgIpc) is 2.90. The summed E-state index contributed by atoms with van der Waals surface area (Å²) < 4.78 is 36.8. The van der Waals surface area contributed by atoms with Gasteiger partial charge in [0, 0.05) is 13.1 Å². The molecule has 8 heteroatoms. The molecule has 0 saturated heterocycles. The number of benzene rings is 1. The molecule has 160 valence electrons. The lowest BCUT2D eigenvalue weighted by molar-refractivity contribution is -0.151. The maximum atomic E-state index is 12.6. The molecule has 1 heterocycles. The predicted octanol–water partition coefficient (Wildman–Crippen LogP) is 4.61. The van der Waals surface area contributed by atoms with Gasteiger partial charge in [0.15, 0.2) is 4.33 Å². The van der Waals surface area contributed by atoms with Crippen LogP contribution in [0, 0.1) is 0 Å². The van der Waals surface area contributed by atoms with Crippen LogP contribution in [0.5, 0.6) is 0 Å². The van der Waals surface area contributed by atoms with Gasteiger partial charge in [0.25, 0.3) is 0 Å². The maximum Gasteiger partial charge on any atom is 0.403 e. The van der Waals surface area contributed by atoms with Gasteiger partial charge in [0.1, 0.15) is 6.04 Å². The normalized spacial score (nSPS) is 22.9. The SMILES string of the molecule is CC(NCc1ccc(CN[C@@H]2C3=C(C=CC2(Cl)Cl)CCNCC3)cc1)C(F)(F)F. The van der Waals surface area contributed by atoms with Gasteiger partial charge >= 0.3 is 6.18 Å². The first-order valence-corrected chi connectivity index (χ1v) is 10.5. The van der Waals surface area contributed by atoms with E-state index in [4.69, 9.17) is 23.2 Å². The number of nitrogens with one attached hydrogen (secondary N) is 3. The monoisotopic (exact) mass is 447 g/mol. The largest absolute Gasteiger partial charge is 0.403 e. The van der Waals surface area contributed by atoms with E-state index in [9.17, 15) is 13.2 Å². The molecule has 29 heavy (non-hydrogen) atoms. The zero-order chi connectivity index (χ0) is 21.1. The molecule has 3 N–H and O–H groups in total. The third kappa shape index (κ3) is 5.98. The van der Waals surface area contributed by atoms with Gasteiger partial charge in [-0.15, -0.1) is 0 Å². The number of hydrogen-bond donors (Lipinski definition) is 3. The number of alkyl halides is 5. The Morgan fingerprint density at radius 3 is 2.38 bits per heavy atom. The molecule has 2 atom stereocenters. The summed E-state index contributed by atoms with van der Waals surface area (Å²) >= 11 is 13.1. The van der Waals surface area contributed by atoms with Gasteiger partial charge in [-0.2, -0.15) is 13.2 Å². The summed E-state index contributed by atoms with van der Waals surface area (Å²) in [6.07, 6.45) is 1.47. The van der Waals surface area contributed by atoms with Crippen LogP contribution >= 0.6 is 23.2 Å². The first-order chi connectivity index (χ1) is 13.7. The summed E-state index contributed by atoms with van der Waals surface area (Å²) in [6, 6.07) is 5.77. The van der Waals surface area contributed by atoms with E-state index in [2.05, 4.69) is 16.0 Å². The highest BCUT2D eigenvalue weighted by Gasteiger charge is 2.38. The highest BCUT2D eigenvalue weighted by Crippen LogP contribution is 2.39. The standard InChI is InChI=1S/C21H26Cl2F3N3/c1-14(21(24,25)26)28-12-15-2-4-16(5-3-15)13-29-19-18-8-11-27-10-7-17(18)6-9-20(19,22)23/h2-6,9,14,19,27-29H,7-8,10-13H2,1H3/t14?,19-/m1/s1. The maximum absolute atomic E-state index is 12.6. The lowest BCUT2D eigenvalue weighted by Gasteiger charge is -2.35. The van der Waals surface area contributed by atoms with E-state index in [1.807, 2.05) is 36.4 Å². The molecule has 0 fully saturated rings. The Labute approximate surface area is 179 Å². The zero-order valence-electron chi connectivity index (χ0n) is 16.3. The molecule has 3 nitrogen and oxygen atoms in total. The van der Waals surface area contributed by atoms with Gasteiger partial charge in [0.2, 0.25) is 0 Å². The van der Waals surface area contributed by atoms with E-state index < -0.39 is 16.6 Å². The Balaban J connectivity index is 1.60. The number of halogens is 5. The minimum atomic E-state index is -4.24. The van der Waals surface area contributed by atoms with Crippen LogP contribution in [0.1, 0.15) is 30.9 Å². The van der Waals surface area contributed by atoms with Crippen molar-refractivity contribution in [3.63, 3.8) is 0 Å². The molecule has 0 aromatic heterocycles. The quantitative estimate of drug-likeness (QED) is 0.557. The molecule has 1 aromatic carbocycles. The van der Waals surface area contributed by atoms with Crippen molar-refractivity contribution >= 4 is 23.2 Å². The lowest BCUT2D eigenvalue weighted by Crippen LogP contribution is -2.45. The van der Waals surface area contributed by atoms with Gasteiger partial charge in [-0.05, 0) is 61.2 Å². The van der Waals surface area contributed by atoms with Crippen molar-refractivity contribution in [2.45, 2.75) is 55.4 Å². The van der Waals surface area contributed by atoms with Crippen LogP contribution in [0.15, 0.2) is 47.6 Å². The van der Waals surface area contributed by atoms with E-state index in [0.717, 1.165) is 44.0 Å². The smallest absolute Gasteiger partial charge is 0.316 e. The molecule has 0 spiro atoms. The molecule has 0 amide bonds. The molecular weight excluding hydrogens is 422 g/mol. The first kappa shape index (κ1) is 22.6. The summed E-state index contributed by atoms with van der Waals surface area (Å²) in [6.45, 7) is 3.68. The van der Waals surface area contributed by atoms with Gasteiger partial charge < -0.3 is 16.0 Å². The second kappa shape index (κ2) is 9.40. The van der Waals surface area contributed by atoms with Crippen LogP contribution in [0.2, 0.25) is 0 Å². The van der Waals surface area contributed by atoms with Crippen molar-refractivity contribution in [1.82, 2.24) is 16.0 Å². The van der Waals surface area contributed by atoms with E-state index in [0.29, 0.717) is 6.54 Å². The van der Waals surface area contributed by atoms with Crippen LogP contribution in [0.4, 0.5) is 13.2 Å². The summed E-state index contributed by atoms with van der Waals surface area (Å²) in [5, 5.41) is 9.37. The summed E-state index contributed by atoms with van der Waals surface area (Å²) in [4.78, 5) is 0. The Hall–Kier alpha value is -1.05. The van der Waals surface area contributed by atoms with Crippen LogP contribution in [-0.4, -0.2) is 35.7 Å². The van der Waals surface area contributed by atoms with Crippen LogP contribution in [0.25, 0.3) is 0 Å². The minimum absolute atomic E-state index is 0.164. The fraction of sp³-hybridized carbons (Fsp3) is 0.524. The fourth-order valence-corrected chi connectivity index (χ4v) is 4.14. The van der Waals surface area contributed by atoms with E-state index in [-0.39, 0.29) is 12.6 Å². The Morgan fingerprint density at radius 2 is 1.72 bits per heavy atom. The molecule has 0 saturated carbocycles. The lowest BCUT2D eigenvalue weighted by atomic mass is 9.88. The van der Waals surface area contributed by atoms with Gasteiger partial charge in [-0.3, -0.25) is 0 Å². The molecule has 0 bridgehead atoms. The van der Waals surface area contributed by atoms with Crippen molar-refractivity contribution in [1.29, 1.82) is 0 Å². The van der Waals surface area contributed by atoms with Crippen molar-refractivity contribution in [3.05, 3.63) is 58.7 Å². The number of allylic oxidation sites excluding steroid dienone is 1. The van der Waals surface area contributed by atoms with Gasteiger partial charge in [-0.25, -0.2) is 0 Å². The molecule has 1 unspecified atom stereocenters. The zero-order valence-corrected chi connectivity index (χ0v) is 17.8. The van der Waals surface area contributed by atoms with E-state index in [1.54, 1.807) is 0 Å². The highest BCUT2D eigenvalue weighted by atomic mass is 35.5. The highest BCUT2D eigenvalue weighted by molar-refractivity contribution is 6.50. The van der Waals surface area contributed by atoms with Gasteiger partial charge in [0.05, 0.1) is 6.04 Å². The van der Waals surface area contributed by atoms with Crippen LogP contribution < -0.4 is 16.0 Å². The van der Waals surface area contributed by atoms with E-state index >= 15 is 0 Å². The number of rotatable bonds is 6. The van der Waals surface area contributed by atoms with Crippen molar-refractivity contribution < 1.29 is 13.2 Å². The van der Waals surface area contributed by atoms with Crippen LogP contribution in [0.3, 0.4) is 0 Å². The molecule has 1 aliphatic heterocycles. The second-order valence-corrected chi connectivity index (χ2v) is 9.03. The topological polar surface area (TPSA) is 36.1 Å². The predicted molar refractivity (Wildman–Crippen MR) is 112 cm³/mol. The van der Waals surface area contributed by atoms with Crippen molar-refractivity contribution in [2.75, 3.05) is 13.1 Å². The molecule has 2 aliphatic rings. The van der Waals surface area contributed by atoms with Gasteiger partial charge in [-0.1, -0.05) is 53.5 Å². The third-order valence-electron chi connectivity index (χ3n) is 5.43. The minimum Gasteiger partial charge on any atom is -0.316 e. The first-order valence-electron chi connectivity index (χ1n) is 9.78. The molecule has 1 aliphatic carbocycles. The summed E-state index contributed by atoms with van der Waals surface area (Å²) in [5.74, 6) is 0. The Kier molecular flexibility index (Phi) is 7.33. The second-order valence-electron chi connectivity index (χ2n) is 7.58. The molecule has 0 radical (unpaired) electrons. The summed E-state index contributed by atoms with van der Waals surface area (Å²) in [7, 11) is 0. The fourth-order valence-electron chi connectivity index (χ4n) is 3.59. The third-order valence-corrected chi connectivity index (χ3v) is 6.12. The van der Waals surface area contributed by atoms with Crippen molar-refractivity contribution in [3.8, 4) is 0 Å². The van der Waals surface area contributed by atoms with E-state index in [1.165, 1.54) is 11.1 Å². The van der Waals surface area contributed by atoms with Crippen molar-refractivity contribution in [2.24, 2.45) is 0 Å². The average molecular weight is 448 g/mol. The van der Waals surface area contributed by atoms with Crippen LogP contribution in [-0.2, 0) is 13.1 Å². The molecular formula is C21H26Cl2F3N3. The Morgan fingerprint density at radius 1 is 1.10 bits per heavy atom.